The van der Waals surface area contributed by atoms with Gasteiger partial charge >= 0.3 is 12.0 Å². The van der Waals surface area contributed by atoms with E-state index in [0.717, 1.165) is 6.07 Å². The van der Waals surface area contributed by atoms with Gasteiger partial charge in [0.15, 0.2) is 0 Å². The fourth-order valence-corrected chi connectivity index (χ4v) is 2.22. The quantitative estimate of drug-likeness (QED) is 0.876. The zero-order chi connectivity index (χ0) is 15.6. The highest BCUT2D eigenvalue weighted by atomic mass is 19.1. The summed E-state index contributed by atoms with van der Waals surface area (Å²) in [6, 6.07) is 3.15. The molecule has 2 amide bonds. The lowest BCUT2D eigenvalue weighted by Crippen LogP contribution is -2.51. The molecule has 0 radical (unpaired) electrons. The summed E-state index contributed by atoms with van der Waals surface area (Å²) in [4.78, 5) is 24.9. The number of nitrogens with zero attached hydrogens (tertiary/aromatic N) is 1. The Bertz CT molecular complexity index is 564. The second kappa shape index (κ2) is 6.09. The highest BCUT2D eigenvalue weighted by Gasteiger charge is 2.28. The van der Waals surface area contributed by atoms with Crippen molar-refractivity contribution in [1.82, 2.24) is 4.90 Å². The Morgan fingerprint density at radius 3 is 2.81 bits per heavy atom. The second-order valence-electron chi connectivity index (χ2n) is 5.04. The van der Waals surface area contributed by atoms with E-state index in [1.54, 1.807) is 4.90 Å². The number of amides is 2. The van der Waals surface area contributed by atoms with Crippen LogP contribution in [-0.4, -0.2) is 47.3 Å². The van der Waals surface area contributed by atoms with E-state index in [1.165, 1.54) is 12.1 Å². The van der Waals surface area contributed by atoms with Gasteiger partial charge in [0.25, 0.3) is 0 Å². The van der Waals surface area contributed by atoms with E-state index in [0.29, 0.717) is 13.2 Å². The molecule has 0 aliphatic carbocycles. The first-order chi connectivity index (χ1) is 9.90. The molecule has 1 saturated heterocycles. The number of urea groups is 1. The monoisotopic (exact) mass is 296 g/mol. The van der Waals surface area contributed by atoms with Gasteiger partial charge in [0.1, 0.15) is 11.4 Å². The van der Waals surface area contributed by atoms with Crippen LogP contribution >= 0.6 is 0 Å². The molecule has 2 rings (SSSR count). The zero-order valence-corrected chi connectivity index (χ0v) is 11.8. The maximum atomic E-state index is 13.6. The Kier molecular flexibility index (Phi) is 4.42. The molecule has 0 bridgehead atoms. The van der Waals surface area contributed by atoms with Crippen LogP contribution in [0.1, 0.15) is 24.2 Å². The maximum Gasteiger partial charge on any atom is 0.340 e. The first-order valence-corrected chi connectivity index (χ1v) is 6.61. The standard InChI is InChI=1S/C14H17FN2O4/c1-8-7-21-9(2)6-17(8)14(20)16-11-5-3-4-10(15)12(11)13(18)19/h3-5,8-9H,6-7H2,1-2H3,(H,16,20)(H,18,19). The van der Waals surface area contributed by atoms with Crippen LogP contribution < -0.4 is 5.32 Å². The number of hydrogen-bond acceptors (Lipinski definition) is 3. The number of anilines is 1. The van der Waals surface area contributed by atoms with E-state index in [9.17, 15) is 14.0 Å². The SMILES string of the molecule is CC1CN(C(=O)Nc2cccc(F)c2C(=O)O)C(C)CO1. The second-order valence-corrected chi connectivity index (χ2v) is 5.04. The van der Waals surface area contributed by atoms with Crippen LogP contribution in [0, 0.1) is 5.82 Å². The van der Waals surface area contributed by atoms with Crippen molar-refractivity contribution in [3.8, 4) is 0 Å². The fourth-order valence-electron chi connectivity index (χ4n) is 2.22. The van der Waals surface area contributed by atoms with E-state index < -0.39 is 23.4 Å². The number of carboxylic acid groups (broad SMARTS) is 1. The van der Waals surface area contributed by atoms with Crippen molar-refractivity contribution in [2.45, 2.75) is 26.0 Å². The average molecular weight is 296 g/mol. The van der Waals surface area contributed by atoms with Crippen LogP contribution in [0.15, 0.2) is 18.2 Å². The Labute approximate surface area is 121 Å². The molecule has 0 saturated carbocycles. The van der Waals surface area contributed by atoms with Gasteiger partial charge in [-0.1, -0.05) is 6.07 Å². The molecule has 1 fully saturated rings. The molecule has 2 atom stereocenters. The van der Waals surface area contributed by atoms with E-state index in [2.05, 4.69) is 5.32 Å². The van der Waals surface area contributed by atoms with Gasteiger partial charge in [0, 0.05) is 6.54 Å². The van der Waals surface area contributed by atoms with Crippen LogP contribution in [0.2, 0.25) is 0 Å². The summed E-state index contributed by atoms with van der Waals surface area (Å²) >= 11 is 0. The summed E-state index contributed by atoms with van der Waals surface area (Å²) in [5, 5.41) is 11.5. The number of rotatable bonds is 2. The molecule has 1 aromatic carbocycles. The average Bonchev–Trinajstić information content (AvgIpc) is 2.41. The predicted octanol–water partition coefficient (Wildman–Crippen LogP) is 2.17. The third-order valence-electron chi connectivity index (χ3n) is 3.34. The molecule has 114 valence electrons. The molecule has 1 heterocycles. The highest BCUT2D eigenvalue weighted by Crippen LogP contribution is 2.20. The third kappa shape index (κ3) is 3.30. The Hall–Kier alpha value is -2.15. The molecule has 1 aliphatic heterocycles. The van der Waals surface area contributed by atoms with Crippen molar-refractivity contribution in [3.63, 3.8) is 0 Å². The Morgan fingerprint density at radius 1 is 1.43 bits per heavy atom. The molecular weight excluding hydrogens is 279 g/mol. The minimum atomic E-state index is -1.42. The number of aromatic carboxylic acids is 1. The molecule has 6 nitrogen and oxygen atoms in total. The molecule has 1 aliphatic rings. The number of morpholine rings is 1. The molecular formula is C14H17FN2O4. The number of halogens is 1. The highest BCUT2D eigenvalue weighted by molar-refractivity contribution is 6.00. The van der Waals surface area contributed by atoms with E-state index in [-0.39, 0.29) is 17.8 Å². The van der Waals surface area contributed by atoms with Gasteiger partial charge in [-0.3, -0.25) is 0 Å². The van der Waals surface area contributed by atoms with Gasteiger partial charge in [-0.05, 0) is 26.0 Å². The smallest absolute Gasteiger partial charge is 0.340 e. The molecule has 21 heavy (non-hydrogen) atoms. The van der Waals surface area contributed by atoms with Gasteiger partial charge in [-0.25, -0.2) is 14.0 Å². The maximum absolute atomic E-state index is 13.6. The summed E-state index contributed by atoms with van der Waals surface area (Å²) in [5.41, 5.74) is -0.598. The van der Waals surface area contributed by atoms with Crippen LogP contribution in [0.3, 0.4) is 0 Å². The minimum absolute atomic E-state index is 0.0566. The van der Waals surface area contributed by atoms with Crippen molar-refractivity contribution in [1.29, 1.82) is 0 Å². The lowest BCUT2D eigenvalue weighted by atomic mass is 10.1. The lowest BCUT2D eigenvalue weighted by molar-refractivity contribution is -0.0296. The van der Waals surface area contributed by atoms with Crippen LogP contribution in [-0.2, 0) is 4.74 Å². The molecule has 2 unspecified atom stereocenters. The fraction of sp³-hybridized carbons (Fsp3) is 0.429. The zero-order valence-electron chi connectivity index (χ0n) is 11.8. The lowest BCUT2D eigenvalue weighted by Gasteiger charge is -2.36. The number of carbonyl (C=O) groups excluding carboxylic acids is 1. The van der Waals surface area contributed by atoms with E-state index >= 15 is 0 Å². The first kappa shape index (κ1) is 15.2. The summed E-state index contributed by atoms with van der Waals surface area (Å²) in [6.45, 7) is 4.47. The van der Waals surface area contributed by atoms with Crippen molar-refractivity contribution in [2.75, 3.05) is 18.5 Å². The van der Waals surface area contributed by atoms with Crippen LogP contribution in [0.5, 0.6) is 0 Å². The topological polar surface area (TPSA) is 78.9 Å². The summed E-state index contributed by atoms with van der Waals surface area (Å²) in [7, 11) is 0. The number of carbonyl (C=O) groups is 2. The number of carboxylic acids is 1. The molecule has 0 spiro atoms. The van der Waals surface area contributed by atoms with Gasteiger partial charge in [-0.2, -0.15) is 0 Å². The summed E-state index contributed by atoms with van der Waals surface area (Å²) in [6.07, 6.45) is -0.0987. The number of benzene rings is 1. The molecule has 7 heteroatoms. The van der Waals surface area contributed by atoms with E-state index in [1.807, 2.05) is 13.8 Å². The van der Waals surface area contributed by atoms with Gasteiger partial charge in [0.2, 0.25) is 0 Å². The first-order valence-electron chi connectivity index (χ1n) is 6.61. The Morgan fingerprint density at radius 2 is 2.14 bits per heavy atom. The largest absolute Gasteiger partial charge is 0.478 e. The summed E-state index contributed by atoms with van der Waals surface area (Å²) in [5.74, 6) is -2.31. The van der Waals surface area contributed by atoms with Crippen molar-refractivity contribution >= 4 is 17.7 Å². The van der Waals surface area contributed by atoms with Gasteiger partial charge in [0.05, 0.1) is 24.4 Å². The number of ether oxygens (including phenoxy) is 1. The predicted molar refractivity (Wildman–Crippen MR) is 74.0 cm³/mol. The van der Waals surface area contributed by atoms with E-state index in [4.69, 9.17) is 9.84 Å². The molecule has 2 N–H and O–H groups in total. The Balaban J connectivity index is 2.20. The molecule has 1 aromatic rings. The van der Waals surface area contributed by atoms with Crippen molar-refractivity contribution in [2.24, 2.45) is 0 Å². The van der Waals surface area contributed by atoms with Crippen molar-refractivity contribution < 1.29 is 23.8 Å². The normalized spacial score (nSPS) is 22.0. The minimum Gasteiger partial charge on any atom is -0.478 e. The summed E-state index contributed by atoms with van der Waals surface area (Å²) < 4.78 is 19.0. The molecule has 0 aromatic heterocycles. The third-order valence-corrected chi connectivity index (χ3v) is 3.34. The van der Waals surface area contributed by atoms with Crippen molar-refractivity contribution in [3.05, 3.63) is 29.6 Å². The van der Waals surface area contributed by atoms with Gasteiger partial charge in [-0.15, -0.1) is 0 Å². The number of nitrogens with one attached hydrogen (secondary N) is 1. The van der Waals surface area contributed by atoms with Crippen LogP contribution in [0.4, 0.5) is 14.9 Å². The van der Waals surface area contributed by atoms with Gasteiger partial charge < -0.3 is 20.1 Å². The number of hydrogen-bond donors (Lipinski definition) is 2. The van der Waals surface area contributed by atoms with Crippen LogP contribution in [0.25, 0.3) is 0 Å².